The van der Waals surface area contributed by atoms with Crippen LogP contribution in [-0.2, 0) is 19.5 Å². The predicted octanol–water partition coefficient (Wildman–Crippen LogP) is 3.73. The Hall–Kier alpha value is -0.970. The summed E-state index contributed by atoms with van der Waals surface area (Å²) in [5.74, 6) is 0. The van der Waals surface area contributed by atoms with E-state index in [-0.39, 0.29) is 17.6 Å². The van der Waals surface area contributed by atoms with Crippen molar-refractivity contribution in [2.45, 2.75) is 47.6 Å². The molecule has 8 nitrogen and oxygen atoms in total. The zero-order valence-electron chi connectivity index (χ0n) is 16.7. The van der Waals surface area contributed by atoms with Crippen LogP contribution in [0.25, 0.3) is 0 Å². The van der Waals surface area contributed by atoms with Crippen LogP contribution >= 0.6 is 34.8 Å². The standard InChI is InChI=1S/C18H26Cl3N3O5S/c1-3-24(4-2)30(26,27)15-9-7-13(8-10-15)22-16(18(19,20)21)23-17(25)29-12-14-6-5-11-28-14/h7-10,14,16,22H,3-6,11-12H2,1-2H3,(H,23,25)/t14-,16+/m0/s1. The normalized spacial score (nSPS) is 18.3. The Morgan fingerprint density at radius 3 is 2.40 bits per heavy atom. The molecule has 2 atom stereocenters. The number of alkyl halides is 3. The lowest BCUT2D eigenvalue weighted by Gasteiger charge is -2.27. The number of sulfonamides is 1. The van der Waals surface area contributed by atoms with Gasteiger partial charge in [0.05, 0.1) is 11.0 Å². The number of hydrogen-bond donors (Lipinski definition) is 2. The molecule has 1 aromatic carbocycles. The molecule has 0 saturated carbocycles. The molecule has 1 aliphatic heterocycles. The third-order valence-corrected chi connectivity index (χ3v) is 7.24. The van der Waals surface area contributed by atoms with Gasteiger partial charge in [0.2, 0.25) is 13.8 Å². The van der Waals surface area contributed by atoms with E-state index in [9.17, 15) is 13.2 Å². The summed E-state index contributed by atoms with van der Waals surface area (Å²) in [6.45, 7) is 5.03. The van der Waals surface area contributed by atoms with Crippen molar-refractivity contribution in [3.8, 4) is 0 Å². The molecule has 170 valence electrons. The second kappa shape index (κ2) is 11.1. The Labute approximate surface area is 192 Å². The molecule has 12 heteroatoms. The number of ether oxygens (including phenoxy) is 2. The first-order valence-electron chi connectivity index (χ1n) is 9.56. The van der Waals surface area contributed by atoms with Crippen LogP contribution in [0.1, 0.15) is 26.7 Å². The summed E-state index contributed by atoms with van der Waals surface area (Å²) in [4.78, 5) is 12.2. The fraction of sp³-hybridized carbons (Fsp3) is 0.611. The molecule has 0 aromatic heterocycles. The van der Waals surface area contributed by atoms with E-state index < -0.39 is 26.1 Å². The van der Waals surface area contributed by atoms with Crippen molar-refractivity contribution in [2.24, 2.45) is 0 Å². The lowest BCUT2D eigenvalue weighted by Crippen LogP contribution is -2.49. The van der Waals surface area contributed by atoms with E-state index in [0.29, 0.717) is 25.4 Å². The SMILES string of the molecule is CCN(CC)S(=O)(=O)c1ccc(N[C@H](NC(=O)OC[C@@H]2CCCO2)C(Cl)(Cl)Cl)cc1. The van der Waals surface area contributed by atoms with Gasteiger partial charge in [-0.15, -0.1) is 0 Å². The summed E-state index contributed by atoms with van der Waals surface area (Å²) in [5.41, 5.74) is 0.448. The maximum Gasteiger partial charge on any atom is 0.408 e. The van der Waals surface area contributed by atoms with Crippen molar-refractivity contribution in [3.05, 3.63) is 24.3 Å². The number of hydrogen-bond acceptors (Lipinski definition) is 6. The first kappa shape index (κ1) is 25.3. The van der Waals surface area contributed by atoms with Gasteiger partial charge in [0.25, 0.3) is 0 Å². The highest BCUT2D eigenvalue weighted by molar-refractivity contribution is 7.89. The minimum absolute atomic E-state index is 0.107. The highest BCUT2D eigenvalue weighted by Gasteiger charge is 2.35. The van der Waals surface area contributed by atoms with Gasteiger partial charge in [0.15, 0.2) is 0 Å². The molecule has 1 aromatic rings. The minimum Gasteiger partial charge on any atom is -0.447 e. The number of nitrogens with one attached hydrogen (secondary N) is 2. The van der Waals surface area contributed by atoms with Gasteiger partial charge >= 0.3 is 6.09 Å². The molecular formula is C18H26Cl3N3O5S. The highest BCUT2D eigenvalue weighted by atomic mass is 35.6. The molecule has 0 spiro atoms. The largest absolute Gasteiger partial charge is 0.447 e. The Morgan fingerprint density at radius 1 is 1.27 bits per heavy atom. The number of rotatable bonds is 9. The van der Waals surface area contributed by atoms with Gasteiger partial charge in [-0.25, -0.2) is 13.2 Å². The van der Waals surface area contributed by atoms with E-state index in [1.54, 1.807) is 13.8 Å². The summed E-state index contributed by atoms with van der Waals surface area (Å²) in [7, 11) is -3.58. The smallest absolute Gasteiger partial charge is 0.408 e. The van der Waals surface area contributed by atoms with Crippen molar-refractivity contribution in [1.29, 1.82) is 0 Å². The number of anilines is 1. The molecule has 0 aliphatic carbocycles. The number of benzene rings is 1. The van der Waals surface area contributed by atoms with Crippen LogP contribution in [0.4, 0.5) is 10.5 Å². The molecule has 2 N–H and O–H groups in total. The highest BCUT2D eigenvalue weighted by Crippen LogP contribution is 2.31. The molecule has 1 amide bonds. The van der Waals surface area contributed by atoms with Crippen molar-refractivity contribution in [3.63, 3.8) is 0 Å². The molecule has 0 bridgehead atoms. The van der Waals surface area contributed by atoms with Crippen LogP contribution < -0.4 is 10.6 Å². The third-order valence-electron chi connectivity index (χ3n) is 4.52. The van der Waals surface area contributed by atoms with Crippen LogP contribution in [0.2, 0.25) is 0 Å². The van der Waals surface area contributed by atoms with Crippen molar-refractivity contribution < 1.29 is 22.7 Å². The number of alkyl carbamates (subject to hydrolysis) is 1. The van der Waals surface area contributed by atoms with Gasteiger partial charge in [-0.05, 0) is 37.1 Å². The van der Waals surface area contributed by atoms with Crippen LogP contribution in [-0.4, -0.2) is 61.2 Å². The number of carbonyl (C=O) groups is 1. The fourth-order valence-corrected chi connectivity index (χ4v) is 4.69. The fourth-order valence-electron chi connectivity index (χ4n) is 2.91. The van der Waals surface area contributed by atoms with Crippen molar-refractivity contribution in [2.75, 3.05) is 31.6 Å². The van der Waals surface area contributed by atoms with E-state index >= 15 is 0 Å². The maximum absolute atomic E-state index is 12.6. The zero-order chi connectivity index (χ0) is 22.4. The monoisotopic (exact) mass is 501 g/mol. The molecule has 1 saturated heterocycles. The quantitative estimate of drug-likeness (QED) is 0.394. The predicted molar refractivity (Wildman–Crippen MR) is 118 cm³/mol. The first-order chi connectivity index (χ1) is 14.1. The van der Waals surface area contributed by atoms with Gasteiger partial charge in [-0.1, -0.05) is 48.7 Å². The Bertz CT molecular complexity index is 792. The Kier molecular flexibility index (Phi) is 9.32. The van der Waals surface area contributed by atoms with Gasteiger partial charge in [-0.2, -0.15) is 4.31 Å². The van der Waals surface area contributed by atoms with Gasteiger partial charge < -0.3 is 14.8 Å². The summed E-state index contributed by atoms with van der Waals surface area (Å²) in [6, 6.07) is 5.95. The molecular weight excluding hydrogens is 477 g/mol. The molecule has 1 fully saturated rings. The maximum atomic E-state index is 12.6. The Morgan fingerprint density at radius 2 is 1.90 bits per heavy atom. The summed E-state index contributed by atoms with van der Waals surface area (Å²) in [5, 5.41) is 5.33. The topological polar surface area (TPSA) is 97.0 Å². The van der Waals surface area contributed by atoms with Crippen LogP contribution in [0.15, 0.2) is 29.2 Å². The van der Waals surface area contributed by atoms with E-state index in [0.717, 1.165) is 12.8 Å². The van der Waals surface area contributed by atoms with E-state index in [1.807, 2.05) is 0 Å². The van der Waals surface area contributed by atoms with Crippen LogP contribution in [0.3, 0.4) is 0 Å². The van der Waals surface area contributed by atoms with Crippen LogP contribution in [0, 0.1) is 0 Å². The number of nitrogens with zero attached hydrogens (tertiary/aromatic N) is 1. The average molecular weight is 503 g/mol. The van der Waals surface area contributed by atoms with Crippen molar-refractivity contribution in [1.82, 2.24) is 9.62 Å². The molecule has 2 rings (SSSR count). The van der Waals surface area contributed by atoms with Crippen molar-refractivity contribution >= 4 is 56.6 Å². The third kappa shape index (κ3) is 7.03. The number of amides is 1. The molecule has 1 heterocycles. The molecule has 30 heavy (non-hydrogen) atoms. The van der Waals surface area contributed by atoms with E-state index in [2.05, 4.69) is 10.6 Å². The minimum atomic E-state index is -3.58. The Balaban J connectivity index is 2.03. The molecule has 1 aliphatic rings. The number of halogens is 3. The lowest BCUT2D eigenvalue weighted by atomic mass is 10.2. The first-order valence-corrected chi connectivity index (χ1v) is 12.1. The van der Waals surface area contributed by atoms with Gasteiger partial charge in [0.1, 0.15) is 12.8 Å². The van der Waals surface area contributed by atoms with Gasteiger partial charge in [0, 0.05) is 25.4 Å². The summed E-state index contributed by atoms with van der Waals surface area (Å²) in [6.07, 6.45) is -0.272. The molecule has 0 radical (unpaired) electrons. The van der Waals surface area contributed by atoms with Crippen LogP contribution in [0.5, 0.6) is 0 Å². The second-order valence-electron chi connectivity index (χ2n) is 6.61. The molecule has 0 unspecified atom stereocenters. The van der Waals surface area contributed by atoms with Gasteiger partial charge in [-0.3, -0.25) is 5.32 Å². The lowest BCUT2D eigenvalue weighted by molar-refractivity contribution is 0.0432. The second-order valence-corrected chi connectivity index (χ2v) is 10.9. The zero-order valence-corrected chi connectivity index (χ0v) is 19.8. The average Bonchev–Trinajstić information content (AvgIpc) is 3.20. The summed E-state index contributed by atoms with van der Waals surface area (Å²) >= 11 is 17.9. The number of carbonyl (C=O) groups excluding carboxylic acids is 1. The van der Waals surface area contributed by atoms with E-state index in [4.69, 9.17) is 44.3 Å². The summed E-state index contributed by atoms with van der Waals surface area (Å²) < 4.78 is 35.1. The van der Waals surface area contributed by atoms with E-state index in [1.165, 1.54) is 28.6 Å².